The van der Waals surface area contributed by atoms with Gasteiger partial charge in [0.15, 0.2) is 0 Å². The van der Waals surface area contributed by atoms with Crippen LogP contribution in [-0.4, -0.2) is 37.6 Å². The van der Waals surface area contributed by atoms with Crippen molar-refractivity contribution in [1.29, 1.82) is 0 Å². The first-order valence-corrected chi connectivity index (χ1v) is 5.26. The molecule has 3 nitrogen and oxygen atoms in total. The Bertz CT molecular complexity index is 223. The van der Waals surface area contributed by atoms with Crippen LogP contribution in [0.15, 0.2) is 11.6 Å². The third-order valence-electron chi connectivity index (χ3n) is 2.69. The van der Waals surface area contributed by atoms with Gasteiger partial charge in [0.25, 0.3) is 0 Å². The Labute approximate surface area is 85.7 Å². The fourth-order valence-electron chi connectivity index (χ4n) is 1.75. The number of rotatable bonds is 2. The summed E-state index contributed by atoms with van der Waals surface area (Å²) in [6.45, 7) is 5.49. The summed E-state index contributed by atoms with van der Waals surface area (Å²) in [7, 11) is 1.43. The zero-order valence-corrected chi connectivity index (χ0v) is 9.08. The molecule has 0 aliphatic carbocycles. The molecular weight excluding hydrogens is 178 g/mol. The first kappa shape index (κ1) is 11.2. The maximum Gasteiger partial charge on any atom is 0.330 e. The fourth-order valence-corrected chi connectivity index (χ4v) is 1.75. The van der Waals surface area contributed by atoms with E-state index in [4.69, 9.17) is 0 Å². The molecule has 0 atom stereocenters. The molecule has 3 heteroatoms. The van der Waals surface area contributed by atoms with Gasteiger partial charge in [-0.05, 0) is 32.4 Å². The summed E-state index contributed by atoms with van der Waals surface area (Å²) in [5, 5.41) is 0. The third-order valence-corrected chi connectivity index (χ3v) is 2.69. The lowest BCUT2D eigenvalue weighted by Crippen LogP contribution is -2.23. The van der Waals surface area contributed by atoms with Gasteiger partial charge in [0, 0.05) is 12.6 Å². The lowest BCUT2D eigenvalue weighted by molar-refractivity contribution is -0.134. The first-order valence-electron chi connectivity index (χ1n) is 5.26. The molecule has 1 aliphatic rings. The lowest BCUT2D eigenvalue weighted by atomic mass is 10.1. The summed E-state index contributed by atoms with van der Waals surface area (Å²) in [4.78, 5) is 13.4. The Hall–Kier alpha value is -0.830. The highest BCUT2D eigenvalue weighted by Crippen LogP contribution is 2.16. The minimum atomic E-state index is -0.218. The predicted molar refractivity (Wildman–Crippen MR) is 56.1 cm³/mol. The van der Waals surface area contributed by atoms with E-state index in [0.29, 0.717) is 0 Å². The van der Waals surface area contributed by atoms with Crippen molar-refractivity contribution in [2.24, 2.45) is 0 Å². The summed E-state index contributed by atoms with van der Waals surface area (Å²) < 4.78 is 4.62. The quantitative estimate of drug-likeness (QED) is 0.497. The Kier molecular flexibility index (Phi) is 4.66. The molecular formula is C11H19NO2. The molecule has 0 N–H and O–H groups in total. The highest BCUT2D eigenvalue weighted by molar-refractivity contribution is 5.82. The van der Waals surface area contributed by atoms with Gasteiger partial charge >= 0.3 is 5.97 Å². The molecule has 0 amide bonds. The molecule has 1 aliphatic heterocycles. The molecule has 0 saturated carbocycles. The molecule has 0 radical (unpaired) electrons. The predicted octanol–water partition coefficient (Wildman–Crippen LogP) is 1.59. The monoisotopic (exact) mass is 197 g/mol. The second-order valence-corrected chi connectivity index (χ2v) is 3.61. The maximum absolute atomic E-state index is 11.0. The van der Waals surface area contributed by atoms with Crippen LogP contribution >= 0.6 is 0 Å². The van der Waals surface area contributed by atoms with Crippen LogP contribution in [0.25, 0.3) is 0 Å². The number of likely N-dealkylation sites (tertiary alicyclic amines) is 1. The minimum Gasteiger partial charge on any atom is -0.466 e. The van der Waals surface area contributed by atoms with E-state index in [-0.39, 0.29) is 5.97 Å². The van der Waals surface area contributed by atoms with Crippen molar-refractivity contribution in [2.75, 3.05) is 26.7 Å². The van der Waals surface area contributed by atoms with Crippen LogP contribution in [-0.2, 0) is 9.53 Å². The number of nitrogens with zero attached hydrogens (tertiary/aromatic N) is 1. The molecule has 1 heterocycles. The largest absolute Gasteiger partial charge is 0.466 e. The van der Waals surface area contributed by atoms with E-state index in [1.54, 1.807) is 6.08 Å². The van der Waals surface area contributed by atoms with E-state index in [9.17, 15) is 4.79 Å². The normalized spacial score (nSPS) is 22.0. The minimum absolute atomic E-state index is 0.218. The topological polar surface area (TPSA) is 29.5 Å². The lowest BCUT2D eigenvalue weighted by Gasteiger charge is -2.15. The molecule has 14 heavy (non-hydrogen) atoms. The van der Waals surface area contributed by atoms with Crippen molar-refractivity contribution in [3.8, 4) is 0 Å². The second kappa shape index (κ2) is 5.81. The molecule has 0 bridgehead atoms. The smallest absolute Gasteiger partial charge is 0.330 e. The number of esters is 1. The van der Waals surface area contributed by atoms with Gasteiger partial charge in [-0.2, -0.15) is 0 Å². The number of ether oxygens (including phenoxy) is 1. The average Bonchev–Trinajstić information content (AvgIpc) is 2.43. The van der Waals surface area contributed by atoms with E-state index < -0.39 is 0 Å². The SMILES string of the molecule is CCN1CCCC(=CC(=O)OC)CC1. The van der Waals surface area contributed by atoms with E-state index >= 15 is 0 Å². The second-order valence-electron chi connectivity index (χ2n) is 3.61. The Morgan fingerprint density at radius 1 is 1.50 bits per heavy atom. The molecule has 0 unspecified atom stereocenters. The summed E-state index contributed by atoms with van der Waals surface area (Å²) >= 11 is 0. The van der Waals surface area contributed by atoms with Crippen LogP contribution in [0.1, 0.15) is 26.2 Å². The average molecular weight is 197 g/mol. The van der Waals surface area contributed by atoms with E-state index in [0.717, 1.165) is 38.9 Å². The van der Waals surface area contributed by atoms with Gasteiger partial charge in [-0.25, -0.2) is 4.79 Å². The van der Waals surface area contributed by atoms with Crippen LogP contribution < -0.4 is 0 Å². The van der Waals surface area contributed by atoms with Gasteiger partial charge < -0.3 is 9.64 Å². The zero-order valence-electron chi connectivity index (χ0n) is 9.08. The zero-order chi connectivity index (χ0) is 10.4. The standard InChI is InChI=1S/C11H19NO2/c1-3-12-7-4-5-10(6-8-12)9-11(13)14-2/h9H,3-8H2,1-2H3. The van der Waals surface area contributed by atoms with Crippen LogP contribution in [0.5, 0.6) is 0 Å². The van der Waals surface area contributed by atoms with Crippen LogP contribution in [0.4, 0.5) is 0 Å². The molecule has 0 spiro atoms. The van der Waals surface area contributed by atoms with Crippen molar-refractivity contribution in [3.05, 3.63) is 11.6 Å². The van der Waals surface area contributed by atoms with Gasteiger partial charge in [0.2, 0.25) is 0 Å². The summed E-state index contributed by atoms with van der Waals surface area (Å²) in [6.07, 6.45) is 4.84. The fraction of sp³-hybridized carbons (Fsp3) is 0.727. The van der Waals surface area contributed by atoms with E-state index in [2.05, 4.69) is 16.6 Å². The maximum atomic E-state index is 11.0. The van der Waals surface area contributed by atoms with Crippen LogP contribution in [0.3, 0.4) is 0 Å². The molecule has 1 saturated heterocycles. The van der Waals surface area contributed by atoms with Crippen molar-refractivity contribution in [1.82, 2.24) is 4.90 Å². The van der Waals surface area contributed by atoms with Gasteiger partial charge in [-0.15, -0.1) is 0 Å². The molecule has 0 aromatic heterocycles. The van der Waals surface area contributed by atoms with E-state index in [1.165, 1.54) is 12.7 Å². The molecule has 1 fully saturated rings. The first-order chi connectivity index (χ1) is 6.76. The Morgan fingerprint density at radius 2 is 2.29 bits per heavy atom. The molecule has 0 aromatic rings. The van der Waals surface area contributed by atoms with Crippen LogP contribution in [0, 0.1) is 0 Å². The third kappa shape index (κ3) is 3.50. The van der Waals surface area contributed by atoms with Crippen molar-refractivity contribution < 1.29 is 9.53 Å². The van der Waals surface area contributed by atoms with Crippen LogP contribution in [0.2, 0.25) is 0 Å². The number of carbonyl (C=O) groups excluding carboxylic acids is 1. The Morgan fingerprint density at radius 3 is 2.93 bits per heavy atom. The molecule has 80 valence electrons. The molecule has 0 aromatic carbocycles. The highest BCUT2D eigenvalue weighted by Gasteiger charge is 2.11. The van der Waals surface area contributed by atoms with Crippen molar-refractivity contribution in [3.63, 3.8) is 0 Å². The van der Waals surface area contributed by atoms with Crippen molar-refractivity contribution >= 4 is 5.97 Å². The summed E-state index contributed by atoms with van der Waals surface area (Å²) in [5.74, 6) is -0.218. The Balaban J connectivity index is 2.49. The number of carbonyl (C=O) groups is 1. The van der Waals surface area contributed by atoms with Gasteiger partial charge in [0.05, 0.1) is 7.11 Å². The highest BCUT2D eigenvalue weighted by atomic mass is 16.5. The summed E-state index contributed by atoms with van der Waals surface area (Å²) in [6, 6.07) is 0. The van der Waals surface area contributed by atoms with Gasteiger partial charge in [-0.1, -0.05) is 12.5 Å². The van der Waals surface area contributed by atoms with Crippen molar-refractivity contribution in [2.45, 2.75) is 26.2 Å². The van der Waals surface area contributed by atoms with Gasteiger partial charge in [0.1, 0.15) is 0 Å². The van der Waals surface area contributed by atoms with E-state index in [1.807, 2.05) is 0 Å². The number of hydrogen-bond donors (Lipinski definition) is 0. The van der Waals surface area contributed by atoms with Gasteiger partial charge in [-0.3, -0.25) is 0 Å². The summed E-state index contributed by atoms with van der Waals surface area (Å²) in [5.41, 5.74) is 1.23. The number of hydrogen-bond acceptors (Lipinski definition) is 3. The number of methoxy groups -OCH3 is 1. The molecule has 1 rings (SSSR count).